The third kappa shape index (κ3) is 4.58. The maximum absolute atomic E-state index is 12.8. The van der Waals surface area contributed by atoms with Gasteiger partial charge in [-0.1, -0.05) is 48.2 Å². The van der Waals surface area contributed by atoms with Gasteiger partial charge in [0.2, 0.25) is 5.91 Å². The van der Waals surface area contributed by atoms with Gasteiger partial charge in [0.1, 0.15) is 0 Å². The van der Waals surface area contributed by atoms with Gasteiger partial charge in [-0.05, 0) is 63.2 Å². The number of carbonyl (C=O) groups is 2. The number of allylic oxidation sites excluding steroid dienone is 1. The predicted molar refractivity (Wildman–Crippen MR) is 129 cm³/mol. The van der Waals surface area contributed by atoms with Crippen molar-refractivity contribution in [2.75, 3.05) is 0 Å². The number of imide groups is 1. The van der Waals surface area contributed by atoms with Gasteiger partial charge in [-0.2, -0.15) is 0 Å². The lowest BCUT2D eigenvalue weighted by Crippen LogP contribution is -2.62. The van der Waals surface area contributed by atoms with E-state index in [4.69, 9.17) is 0 Å². The molecule has 0 unspecified atom stereocenters. The van der Waals surface area contributed by atoms with Crippen LogP contribution in [0.1, 0.15) is 45.4 Å². The molecule has 0 radical (unpaired) electrons. The number of urea groups is 1. The van der Waals surface area contributed by atoms with Gasteiger partial charge in [0.15, 0.2) is 11.0 Å². The maximum atomic E-state index is 12.8. The average Bonchev–Trinajstić information content (AvgIpc) is 3.15. The van der Waals surface area contributed by atoms with Crippen LogP contribution in [0.2, 0.25) is 0 Å². The highest BCUT2D eigenvalue weighted by Gasteiger charge is 2.51. The van der Waals surface area contributed by atoms with E-state index in [1.807, 2.05) is 34.9 Å². The Morgan fingerprint density at radius 3 is 2.39 bits per heavy atom. The number of aromatic nitrogens is 3. The fourth-order valence-corrected chi connectivity index (χ4v) is 7.29. The minimum atomic E-state index is -0.497. The molecule has 33 heavy (non-hydrogen) atoms. The number of hydrogen-bond donors (Lipinski definition) is 2. The summed E-state index contributed by atoms with van der Waals surface area (Å²) in [6, 6.07) is 9.44. The van der Waals surface area contributed by atoms with Crippen molar-refractivity contribution in [1.82, 2.24) is 25.4 Å². The Labute approximate surface area is 198 Å². The normalized spacial score (nSPS) is 28.3. The minimum Gasteiger partial charge on any atom is -0.332 e. The van der Waals surface area contributed by atoms with E-state index >= 15 is 0 Å². The summed E-state index contributed by atoms with van der Waals surface area (Å²) in [5, 5.41) is 14.5. The molecule has 1 heterocycles. The second-order valence-electron chi connectivity index (χ2n) is 9.97. The van der Waals surface area contributed by atoms with Gasteiger partial charge in [-0.25, -0.2) is 4.79 Å². The Balaban J connectivity index is 1.22. The SMILES string of the molecule is C=CCn1c(S[C@@H](C)C(=O)NC(=O)NC23CC4CC(CC(C4)C2)C3)nnc1-c1ccccc1. The molecule has 174 valence electrons. The van der Waals surface area contributed by atoms with Crippen LogP contribution in [0.3, 0.4) is 0 Å². The Hall–Kier alpha value is -2.61. The third-order valence-corrected chi connectivity index (χ3v) is 8.45. The van der Waals surface area contributed by atoms with Gasteiger partial charge < -0.3 is 5.32 Å². The molecule has 0 saturated heterocycles. The first-order valence-corrected chi connectivity index (χ1v) is 12.7. The number of nitrogens with zero attached hydrogens (tertiary/aromatic N) is 3. The van der Waals surface area contributed by atoms with Crippen LogP contribution in [0.5, 0.6) is 0 Å². The number of carbonyl (C=O) groups excluding carboxylic acids is 2. The van der Waals surface area contributed by atoms with Crippen molar-refractivity contribution in [3.05, 3.63) is 43.0 Å². The fraction of sp³-hybridized carbons (Fsp3) is 0.520. The van der Waals surface area contributed by atoms with Crippen molar-refractivity contribution in [3.63, 3.8) is 0 Å². The van der Waals surface area contributed by atoms with Gasteiger partial charge in [0.25, 0.3) is 0 Å². The van der Waals surface area contributed by atoms with Crippen molar-refractivity contribution in [2.24, 2.45) is 17.8 Å². The number of amides is 3. The zero-order valence-corrected chi connectivity index (χ0v) is 19.8. The van der Waals surface area contributed by atoms with Gasteiger partial charge in [-0.15, -0.1) is 16.8 Å². The Morgan fingerprint density at radius 2 is 1.79 bits per heavy atom. The molecule has 2 aromatic rings. The van der Waals surface area contributed by atoms with Gasteiger partial charge in [0, 0.05) is 17.6 Å². The molecular formula is C25H31N5O2S. The first-order valence-electron chi connectivity index (χ1n) is 11.8. The first-order chi connectivity index (χ1) is 15.9. The smallest absolute Gasteiger partial charge is 0.321 e. The summed E-state index contributed by atoms with van der Waals surface area (Å²) in [6.45, 7) is 6.15. The van der Waals surface area contributed by atoms with Crippen LogP contribution >= 0.6 is 11.8 Å². The van der Waals surface area contributed by atoms with Gasteiger partial charge in [-0.3, -0.25) is 14.7 Å². The van der Waals surface area contributed by atoms with Crippen molar-refractivity contribution >= 4 is 23.7 Å². The lowest BCUT2D eigenvalue weighted by molar-refractivity contribution is -0.119. The summed E-state index contributed by atoms with van der Waals surface area (Å²) >= 11 is 1.30. The van der Waals surface area contributed by atoms with E-state index in [-0.39, 0.29) is 17.5 Å². The maximum Gasteiger partial charge on any atom is 0.321 e. The molecule has 4 aliphatic rings. The zero-order valence-electron chi connectivity index (χ0n) is 19.0. The quantitative estimate of drug-likeness (QED) is 0.467. The van der Waals surface area contributed by atoms with Crippen molar-refractivity contribution in [1.29, 1.82) is 0 Å². The van der Waals surface area contributed by atoms with Crippen LogP contribution in [-0.4, -0.2) is 37.5 Å². The molecule has 8 heteroatoms. The second-order valence-corrected chi connectivity index (χ2v) is 11.3. The topological polar surface area (TPSA) is 88.9 Å². The van der Waals surface area contributed by atoms with Crippen LogP contribution < -0.4 is 10.6 Å². The van der Waals surface area contributed by atoms with E-state index in [0.29, 0.717) is 11.7 Å². The monoisotopic (exact) mass is 465 g/mol. The minimum absolute atomic E-state index is 0.121. The molecule has 1 aromatic heterocycles. The van der Waals surface area contributed by atoms with E-state index in [1.165, 1.54) is 31.0 Å². The lowest BCUT2D eigenvalue weighted by atomic mass is 9.53. The largest absolute Gasteiger partial charge is 0.332 e. The predicted octanol–water partition coefficient (Wildman–Crippen LogP) is 4.41. The molecule has 0 aliphatic heterocycles. The molecule has 7 nitrogen and oxygen atoms in total. The zero-order chi connectivity index (χ0) is 23.0. The van der Waals surface area contributed by atoms with Gasteiger partial charge in [0.05, 0.1) is 5.25 Å². The highest BCUT2D eigenvalue weighted by Crippen LogP contribution is 2.55. The van der Waals surface area contributed by atoms with Crippen molar-refractivity contribution < 1.29 is 9.59 Å². The molecule has 4 saturated carbocycles. The summed E-state index contributed by atoms with van der Waals surface area (Å²) in [5.41, 5.74) is 0.829. The summed E-state index contributed by atoms with van der Waals surface area (Å²) in [6.07, 6.45) is 8.87. The number of nitrogens with one attached hydrogen (secondary N) is 2. The van der Waals surface area contributed by atoms with Crippen molar-refractivity contribution in [2.45, 2.75) is 67.9 Å². The first kappa shape index (κ1) is 22.2. The molecule has 6 rings (SSSR count). The van der Waals surface area contributed by atoms with Crippen LogP contribution in [0.25, 0.3) is 11.4 Å². The molecule has 1 aromatic carbocycles. The standard InChI is InChI=1S/C25H31N5O2S/c1-3-9-30-21(20-7-5-4-6-8-20)28-29-24(30)33-16(2)22(31)26-23(32)27-25-13-17-10-18(14-25)12-19(11-17)15-25/h3-8,16-19H,1,9-15H2,2H3,(H2,26,27,31,32)/t16-,17?,18?,19?,25?/m0/s1. The molecule has 4 fully saturated rings. The van der Waals surface area contributed by atoms with Crippen LogP contribution in [-0.2, 0) is 11.3 Å². The van der Waals surface area contributed by atoms with E-state index in [9.17, 15) is 9.59 Å². The van der Waals surface area contributed by atoms with E-state index in [0.717, 1.165) is 48.4 Å². The summed E-state index contributed by atoms with van der Waals surface area (Å²) in [5.74, 6) is 2.60. The Morgan fingerprint density at radius 1 is 1.15 bits per heavy atom. The van der Waals surface area contributed by atoms with E-state index < -0.39 is 5.25 Å². The highest BCUT2D eigenvalue weighted by atomic mass is 32.2. The van der Waals surface area contributed by atoms with Crippen LogP contribution in [0, 0.1) is 17.8 Å². The molecule has 4 aliphatic carbocycles. The molecule has 0 spiro atoms. The summed E-state index contributed by atoms with van der Waals surface area (Å²) < 4.78 is 1.94. The number of hydrogen-bond acceptors (Lipinski definition) is 5. The lowest BCUT2D eigenvalue weighted by Gasteiger charge is -2.56. The Bertz CT molecular complexity index is 1020. The van der Waals surface area contributed by atoms with E-state index in [1.54, 1.807) is 13.0 Å². The molecule has 1 atom stereocenters. The summed E-state index contributed by atoms with van der Waals surface area (Å²) in [4.78, 5) is 25.6. The number of rotatable bonds is 7. The van der Waals surface area contributed by atoms with E-state index in [2.05, 4.69) is 27.4 Å². The molecule has 3 amide bonds. The van der Waals surface area contributed by atoms with Crippen molar-refractivity contribution in [3.8, 4) is 11.4 Å². The number of benzene rings is 1. The second kappa shape index (κ2) is 8.97. The fourth-order valence-electron chi connectivity index (χ4n) is 6.43. The summed E-state index contributed by atoms with van der Waals surface area (Å²) in [7, 11) is 0. The number of thioether (sulfide) groups is 1. The highest BCUT2D eigenvalue weighted by molar-refractivity contribution is 8.00. The molecule has 2 N–H and O–H groups in total. The Kier molecular flexibility index (Phi) is 6.03. The average molecular weight is 466 g/mol. The van der Waals surface area contributed by atoms with Gasteiger partial charge >= 0.3 is 6.03 Å². The van der Waals surface area contributed by atoms with Crippen LogP contribution in [0.4, 0.5) is 4.79 Å². The third-order valence-electron chi connectivity index (χ3n) is 7.37. The van der Waals surface area contributed by atoms with Crippen LogP contribution in [0.15, 0.2) is 48.1 Å². The molecular weight excluding hydrogens is 434 g/mol. The molecule has 4 bridgehead atoms.